The molecule has 0 saturated heterocycles. The molecule has 0 atom stereocenters. The first kappa shape index (κ1) is 10.5. The van der Waals surface area contributed by atoms with Crippen molar-refractivity contribution in [2.24, 2.45) is 0 Å². The Balaban J connectivity index is 1.95. The summed E-state index contributed by atoms with van der Waals surface area (Å²) in [7, 11) is 0. The average Bonchev–Trinajstić information content (AvgIpc) is 2.65. The van der Waals surface area contributed by atoms with E-state index < -0.39 is 5.60 Å². The summed E-state index contributed by atoms with van der Waals surface area (Å²) in [5.41, 5.74) is 0.543. The Kier molecular flexibility index (Phi) is 2.96. The minimum absolute atomic E-state index is 0.428. The summed E-state index contributed by atoms with van der Waals surface area (Å²) in [6.45, 7) is 2.45. The van der Waals surface area contributed by atoms with Gasteiger partial charge in [-0.25, -0.2) is 0 Å². The fourth-order valence-electron chi connectivity index (χ4n) is 2.11. The molecule has 0 bridgehead atoms. The van der Waals surface area contributed by atoms with Gasteiger partial charge in [-0.15, -0.1) is 0 Å². The topological polar surface area (TPSA) is 29.5 Å². The molecule has 1 aliphatic carbocycles. The molecule has 2 nitrogen and oxygen atoms in total. The van der Waals surface area contributed by atoms with Gasteiger partial charge in [0.05, 0.1) is 5.60 Å². The minimum Gasteiger partial charge on any atom is -0.490 e. The average molecular weight is 206 g/mol. The van der Waals surface area contributed by atoms with Crippen molar-refractivity contribution in [1.29, 1.82) is 0 Å². The third kappa shape index (κ3) is 2.51. The second kappa shape index (κ2) is 4.23. The third-order valence-corrected chi connectivity index (χ3v) is 3.12. The van der Waals surface area contributed by atoms with E-state index in [1.54, 1.807) is 0 Å². The number of para-hydroxylation sites is 1. The molecule has 1 fully saturated rings. The van der Waals surface area contributed by atoms with Gasteiger partial charge >= 0.3 is 0 Å². The van der Waals surface area contributed by atoms with E-state index >= 15 is 0 Å². The summed E-state index contributed by atoms with van der Waals surface area (Å²) in [5.74, 6) is 0.887. The fraction of sp³-hybridized carbons (Fsp3) is 0.538. The number of ether oxygens (including phenoxy) is 1. The lowest BCUT2D eigenvalue weighted by Crippen LogP contribution is -2.32. The summed E-state index contributed by atoms with van der Waals surface area (Å²) in [4.78, 5) is 0. The lowest BCUT2D eigenvalue weighted by atomic mass is 10.0. The molecule has 0 unspecified atom stereocenters. The molecule has 0 amide bonds. The molecule has 0 aliphatic heterocycles. The summed E-state index contributed by atoms with van der Waals surface area (Å²) < 4.78 is 5.67. The van der Waals surface area contributed by atoms with Crippen LogP contribution in [0.3, 0.4) is 0 Å². The highest BCUT2D eigenvalue weighted by Crippen LogP contribution is 2.30. The Morgan fingerprint density at radius 3 is 2.60 bits per heavy atom. The van der Waals surface area contributed by atoms with E-state index in [0.29, 0.717) is 6.61 Å². The van der Waals surface area contributed by atoms with E-state index in [-0.39, 0.29) is 0 Å². The smallest absolute Gasteiger partial charge is 0.122 e. The molecule has 0 spiro atoms. The normalized spacial score (nSPS) is 19.1. The Labute approximate surface area is 90.9 Å². The highest BCUT2D eigenvalue weighted by atomic mass is 16.5. The number of hydrogen-bond donors (Lipinski definition) is 1. The molecular formula is C13H18O2. The zero-order valence-electron chi connectivity index (χ0n) is 9.20. The minimum atomic E-state index is -0.581. The van der Waals surface area contributed by atoms with Crippen LogP contribution in [0, 0.1) is 6.92 Å². The molecular weight excluding hydrogens is 188 g/mol. The first-order valence-corrected chi connectivity index (χ1v) is 5.60. The highest BCUT2D eigenvalue weighted by Gasteiger charge is 2.31. The molecule has 1 N–H and O–H groups in total. The molecule has 2 heteroatoms. The Bertz CT molecular complexity index is 327. The summed E-state index contributed by atoms with van der Waals surface area (Å²) >= 11 is 0. The predicted molar refractivity (Wildman–Crippen MR) is 60.1 cm³/mol. The molecule has 82 valence electrons. The van der Waals surface area contributed by atoms with Gasteiger partial charge in [-0.2, -0.15) is 0 Å². The van der Waals surface area contributed by atoms with Crippen molar-refractivity contribution in [2.45, 2.75) is 38.2 Å². The van der Waals surface area contributed by atoms with Gasteiger partial charge in [-0.1, -0.05) is 31.0 Å². The van der Waals surface area contributed by atoms with Crippen LogP contribution in [0.2, 0.25) is 0 Å². The molecule has 1 aromatic rings. The van der Waals surface area contributed by atoms with Crippen LogP contribution in [-0.2, 0) is 0 Å². The lowest BCUT2D eigenvalue weighted by Gasteiger charge is -2.22. The van der Waals surface area contributed by atoms with Crippen molar-refractivity contribution in [3.8, 4) is 5.75 Å². The van der Waals surface area contributed by atoms with Gasteiger partial charge in [0.1, 0.15) is 12.4 Å². The van der Waals surface area contributed by atoms with Crippen molar-refractivity contribution in [2.75, 3.05) is 6.61 Å². The van der Waals surface area contributed by atoms with Crippen molar-refractivity contribution in [3.63, 3.8) is 0 Å². The number of hydrogen-bond acceptors (Lipinski definition) is 2. The molecule has 0 aromatic heterocycles. The molecule has 2 rings (SSSR count). The maximum absolute atomic E-state index is 10.1. The number of aryl methyl sites for hydroxylation is 1. The Morgan fingerprint density at radius 2 is 1.93 bits per heavy atom. The Morgan fingerprint density at radius 1 is 1.27 bits per heavy atom. The van der Waals surface area contributed by atoms with Gasteiger partial charge < -0.3 is 9.84 Å². The maximum Gasteiger partial charge on any atom is 0.122 e. The fourth-order valence-corrected chi connectivity index (χ4v) is 2.11. The number of rotatable bonds is 3. The largest absolute Gasteiger partial charge is 0.490 e. The van der Waals surface area contributed by atoms with Crippen molar-refractivity contribution >= 4 is 0 Å². The lowest BCUT2D eigenvalue weighted by molar-refractivity contribution is 0.00122. The van der Waals surface area contributed by atoms with Gasteiger partial charge in [-0.05, 0) is 31.4 Å². The van der Waals surface area contributed by atoms with Crippen LogP contribution in [0.5, 0.6) is 5.75 Å². The van der Waals surface area contributed by atoms with Crippen LogP contribution in [-0.4, -0.2) is 17.3 Å². The van der Waals surface area contributed by atoms with Crippen molar-refractivity contribution < 1.29 is 9.84 Å². The van der Waals surface area contributed by atoms with E-state index in [2.05, 4.69) is 0 Å². The highest BCUT2D eigenvalue weighted by molar-refractivity contribution is 5.31. The van der Waals surface area contributed by atoms with Gasteiger partial charge in [0.2, 0.25) is 0 Å². The predicted octanol–water partition coefficient (Wildman–Crippen LogP) is 2.68. The van der Waals surface area contributed by atoms with E-state index in [0.717, 1.165) is 37.0 Å². The van der Waals surface area contributed by atoms with Crippen LogP contribution in [0.4, 0.5) is 0 Å². The molecule has 1 aromatic carbocycles. The van der Waals surface area contributed by atoms with E-state index in [1.807, 2.05) is 31.2 Å². The second-order valence-electron chi connectivity index (χ2n) is 4.49. The number of benzene rings is 1. The monoisotopic (exact) mass is 206 g/mol. The van der Waals surface area contributed by atoms with Crippen molar-refractivity contribution in [1.82, 2.24) is 0 Å². The quantitative estimate of drug-likeness (QED) is 0.824. The first-order valence-electron chi connectivity index (χ1n) is 5.60. The SMILES string of the molecule is Cc1ccccc1OCC1(O)CCCC1. The third-order valence-electron chi connectivity index (χ3n) is 3.12. The van der Waals surface area contributed by atoms with E-state index in [1.165, 1.54) is 0 Å². The Hall–Kier alpha value is -1.02. The summed E-state index contributed by atoms with van der Waals surface area (Å²) in [5, 5.41) is 10.1. The van der Waals surface area contributed by atoms with Crippen LogP contribution < -0.4 is 4.74 Å². The first-order chi connectivity index (χ1) is 7.20. The number of aliphatic hydroxyl groups is 1. The molecule has 0 heterocycles. The van der Waals surface area contributed by atoms with Gasteiger partial charge in [0.15, 0.2) is 0 Å². The van der Waals surface area contributed by atoms with E-state index in [9.17, 15) is 5.11 Å². The van der Waals surface area contributed by atoms with Crippen LogP contribution in [0.25, 0.3) is 0 Å². The van der Waals surface area contributed by atoms with Crippen molar-refractivity contribution in [3.05, 3.63) is 29.8 Å². The van der Waals surface area contributed by atoms with Crippen LogP contribution in [0.15, 0.2) is 24.3 Å². The zero-order chi connectivity index (χ0) is 10.7. The molecule has 0 radical (unpaired) electrons. The van der Waals surface area contributed by atoms with Gasteiger partial charge in [0.25, 0.3) is 0 Å². The van der Waals surface area contributed by atoms with Crippen LogP contribution in [0.1, 0.15) is 31.2 Å². The molecule has 1 aliphatic rings. The standard InChI is InChI=1S/C13H18O2/c1-11-6-2-3-7-12(11)15-10-13(14)8-4-5-9-13/h2-3,6-7,14H,4-5,8-10H2,1H3. The second-order valence-corrected chi connectivity index (χ2v) is 4.49. The maximum atomic E-state index is 10.1. The van der Waals surface area contributed by atoms with Gasteiger partial charge in [0, 0.05) is 0 Å². The van der Waals surface area contributed by atoms with Crippen LogP contribution >= 0.6 is 0 Å². The molecule has 1 saturated carbocycles. The zero-order valence-corrected chi connectivity index (χ0v) is 9.20. The van der Waals surface area contributed by atoms with E-state index in [4.69, 9.17) is 4.74 Å². The van der Waals surface area contributed by atoms with Gasteiger partial charge in [-0.3, -0.25) is 0 Å². The summed E-state index contributed by atoms with van der Waals surface area (Å²) in [6, 6.07) is 7.93. The summed E-state index contributed by atoms with van der Waals surface area (Å²) in [6.07, 6.45) is 3.99. The molecule has 15 heavy (non-hydrogen) atoms.